The number of anilines is 1. The monoisotopic (exact) mass is 373 g/mol. The predicted octanol–water partition coefficient (Wildman–Crippen LogP) is 2.39. The average Bonchev–Trinajstić information content (AvgIpc) is 2.73. The van der Waals surface area contributed by atoms with Gasteiger partial charge in [0.1, 0.15) is 5.01 Å². The number of carbonyl (C=O) groups excluding carboxylic acids is 1. The maximum atomic E-state index is 11.0. The summed E-state index contributed by atoms with van der Waals surface area (Å²) in [6.07, 6.45) is 2.09. The fraction of sp³-hybridized carbons (Fsp3) is 0.167. The Bertz CT molecular complexity index is 556. The molecular weight excluding hydrogens is 361 g/mol. The van der Waals surface area contributed by atoms with E-state index in [0.29, 0.717) is 6.54 Å². The third-order valence-corrected chi connectivity index (χ3v) is 4.06. The van der Waals surface area contributed by atoms with Crippen molar-refractivity contribution in [2.24, 2.45) is 5.73 Å². The van der Waals surface area contributed by atoms with Gasteiger partial charge in [-0.05, 0) is 34.2 Å². The van der Waals surface area contributed by atoms with Gasteiger partial charge >= 0.3 is 0 Å². The third kappa shape index (κ3) is 3.67. The summed E-state index contributed by atoms with van der Waals surface area (Å²) in [5, 5.41) is 4.31. The molecular formula is C12H12IN3OS. The molecule has 0 unspecified atom stereocenters. The van der Waals surface area contributed by atoms with E-state index in [1.807, 2.05) is 30.5 Å². The van der Waals surface area contributed by atoms with Crippen LogP contribution in [0.15, 0.2) is 30.5 Å². The van der Waals surface area contributed by atoms with E-state index in [-0.39, 0.29) is 12.3 Å². The number of benzene rings is 1. The summed E-state index contributed by atoms with van der Waals surface area (Å²) in [6.45, 7) is 0.656. The minimum absolute atomic E-state index is 0.249. The second kappa shape index (κ2) is 6.14. The summed E-state index contributed by atoms with van der Waals surface area (Å²) < 4.78 is 1.16. The molecule has 0 aliphatic carbocycles. The van der Waals surface area contributed by atoms with Crippen LogP contribution in [0.3, 0.4) is 0 Å². The lowest BCUT2D eigenvalue weighted by atomic mass is 10.1. The molecule has 0 aliphatic heterocycles. The molecule has 1 amide bonds. The van der Waals surface area contributed by atoms with Crippen molar-refractivity contribution in [2.45, 2.75) is 13.0 Å². The molecule has 3 N–H and O–H groups in total. The number of aromatic nitrogens is 1. The number of thiazole rings is 1. The summed E-state index contributed by atoms with van der Waals surface area (Å²) in [5.41, 5.74) is 7.07. The fourth-order valence-electron chi connectivity index (χ4n) is 1.58. The van der Waals surface area contributed by atoms with Crippen LogP contribution in [0.25, 0.3) is 0 Å². The molecule has 0 fully saturated rings. The molecule has 6 heteroatoms. The number of nitrogens with zero attached hydrogens (tertiary/aromatic N) is 1. The van der Waals surface area contributed by atoms with Crippen LogP contribution in [-0.4, -0.2) is 10.9 Å². The fourth-order valence-corrected chi connectivity index (χ4v) is 3.06. The Morgan fingerprint density at radius 1 is 1.44 bits per heavy atom. The highest BCUT2D eigenvalue weighted by Gasteiger charge is 2.05. The number of nitrogens with one attached hydrogen (secondary N) is 1. The summed E-state index contributed by atoms with van der Waals surface area (Å²) >= 11 is 3.89. The molecule has 0 saturated carbocycles. The van der Waals surface area contributed by atoms with E-state index >= 15 is 0 Å². The van der Waals surface area contributed by atoms with E-state index < -0.39 is 0 Å². The number of primary amides is 1. The minimum Gasteiger partial charge on any atom is -0.378 e. The summed E-state index contributed by atoms with van der Waals surface area (Å²) in [4.78, 5) is 15.3. The SMILES string of the molecule is NC(=O)Cc1ccccc1NCc1ncc(I)s1. The number of amides is 1. The van der Waals surface area contributed by atoms with Gasteiger partial charge in [-0.1, -0.05) is 18.2 Å². The molecule has 0 aliphatic rings. The van der Waals surface area contributed by atoms with Gasteiger partial charge in [-0.2, -0.15) is 0 Å². The second-order valence-electron chi connectivity index (χ2n) is 3.71. The first-order valence-corrected chi connectivity index (χ1v) is 7.25. The van der Waals surface area contributed by atoms with Crippen molar-refractivity contribution in [1.29, 1.82) is 0 Å². The average molecular weight is 373 g/mol. The first-order valence-electron chi connectivity index (χ1n) is 5.35. The Morgan fingerprint density at radius 3 is 2.89 bits per heavy atom. The van der Waals surface area contributed by atoms with E-state index in [2.05, 4.69) is 32.9 Å². The van der Waals surface area contributed by atoms with Gasteiger partial charge in [0, 0.05) is 5.69 Å². The Kier molecular flexibility index (Phi) is 4.54. The predicted molar refractivity (Wildman–Crippen MR) is 81.5 cm³/mol. The van der Waals surface area contributed by atoms with Gasteiger partial charge in [-0.15, -0.1) is 11.3 Å². The van der Waals surface area contributed by atoms with Crippen molar-refractivity contribution in [3.05, 3.63) is 43.9 Å². The Hall–Kier alpha value is -1.15. The van der Waals surface area contributed by atoms with Crippen LogP contribution in [0.2, 0.25) is 0 Å². The van der Waals surface area contributed by atoms with E-state index in [1.54, 1.807) is 11.3 Å². The van der Waals surface area contributed by atoms with E-state index in [1.165, 1.54) is 0 Å². The largest absolute Gasteiger partial charge is 0.378 e. The molecule has 18 heavy (non-hydrogen) atoms. The molecule has 94 valence electrons. The molecule has 2 aromatic rings. The van der Waals surface area contributed by atoms with E-state index in [4.69, 9.17) is 5.73 Å². The third-order valence-electron chi connectivity index (χ3n) is 2.34. The molecule has 0 saturated heterocycles. The van der Waals surface area contributed by atoms with E-state index in [0.717, 1.165) is 19.1 Å². The Balaban J connectivity index is 2.06. The molecule has 0 spiro atoms. The van der Waals surface area contributed by atoms with Crippen LogP contribution >= 0.6 is 33.9 Å². The summed E-state index contributed by atoms with van der Waals surface area (Å²) in [6, 6.07) is 7.67. The van der Waals surface area contributed by atoms with E-state index in [9.17, 15) is 4.79 Å². The topological polar surface area (TPSA) is 68.0 Å². The Morgan fingerprint density at radius 2 is 2.22 bits per heavy atom. The standard InChI is InChI=1S/C12H12IN3OS/c13-10-6-16-12(18-10)7-15-9-4-2-1-3-8(9)5-11(14)17/h1-4,6,15H,5,7H2,(H2,14,17). The van der Waals surface area contributed by atoms with Crippen LogP contribution < -0.4 is 11.1 Å². The van der Waals surface area contributed by atoms with Gasteiger partial charge in [0.2, 0.25) is 5.91 Å². The minimum atomic E-state index is -0.326. The van der Waals surface area contributed by atoms with Gasteiger partial charge in [0.25, 0.3) is 0 Å². The van der Waals surface area contributed by atoms with Crippen molar-refractivity contribution in [2.75, 3.05) is 5.32 Å². The van der Waals surface area contributed by atoms with Crippen molar-refractivity contribution in [3.63, 3.8) is 0 Å². The van der Waals surface area contributed by atoms with Crippen LogP contribution in [-0.2, 0) is 17.8 Å². The van der Waals surface area contributed by atoms with Gasteiger partial charge < -0.3 is 11.1 Å². The summed E-state index contributed by atoms with van der Waals surface area (Å²) in [5.74, 6) is -0.326. The number of rotatable bonds is 5. The molecule has 0 bridgehead atoms. The maximum absolute atomic E-state index is 11.0. The normalized spacial score (nSPS) is 10.3. The lowest BCUT2D eigenvalue weighted by molar-refractivity contribution is -0.117. The Labute approximate surface area is 123 Å². The van der Waals surface area contributed by atoms with Crippen LogP contribution in [0.1, 0.15) is 10.6 Å². The highest BCUT2D eigenvalue weighted by atomic mass is 127. The maximum Gasteiger partial charge on any atom is 0.221 e. The highest BCUT2D eigenvalue weighted by molar-refractivity contribution is 14.1. The highest BCUT2D eigenvalue weighted by Crippen LogP contribution is 2.19. The zero-order valence-electron chi connectivity index (χ0n) is 9.52. The smallest absolute Gasteiger partial charge is 0.221 e. The molecule has 2 rings (SSSR count). The van der Waals surface area contributed by atoms with Crippen molar-refractivity contribution in [1.82, 2.24) is 4.98 Å². The molecule has 1 aromatic heterocycles. The van der Waals surface area contributed by atoms with Gasteiger partial charge in [0.15, 0.2) is 0 Å². The molecule has 0 atom stereocenters. The zero-order chi connectivity index (χ0) is 13.0. The van der Waals surface area contributed by atoms with Gasteiger partial charge in [0.05, 0.1) is 22.0 Å². The van der Waals surface area contributed by atoms with Gasteiger partial charge in [-0.25, -0.2) is 4.98 Å². The lowest BCUT2D eigenvalue weighted by Crippen LogP contribution is -2.15. The number of hydrogen-bond acceptors (Lipinski definition) is 4. The zero-order valence-corrected chi connectivity index (χ0v) is 12.5. The van der Waals surface area contributed by atoms with Crippen molar-refractivity contribution in [3.8, 4) is 0 Å². The van der Waals surface area contributed by atoms with Gasteiger partial charge in [-0.3, -0.25) is 4.79 Å². The number of nitrogens with two attached hydrogens (primary N) is 1. The molecule has 4 nitrogen and oxygen atoms in total. The number of halogens is 1. The van der Waals surface area contributed by atoms with Crippen LogP contribution in [0.5, 0.6) is 0 Å². The molecule has 1 heterocycles. The number of para-hydroxylation sites is 1. The van der Waals surface area contributed by atoms with Crippen LogP contribution in [0, 0.1) is 2.88 Å². The molecule has 1 aromatic carbocycles. The first kappa shape index (κ1) is 13.3. The summed E-state index contributed by atoms with van der Waals surface area (Å²) in [7, 11) is 0. The second-order valence-corrected chi connectivity index (χ2v) is 6.72. The lowest BCUT2D eigenvalue weighted by Gasteiger charge is -2.09. The quantitative estimate of drug-likeness (QED) is 0.791. The van der Waals surface area contributed by atoms with Crippen molar-refractivity contribution < 1.29 is 4.79 Å². The number of hydrogen-bond donors (Lipinski definition) is 2. The van der Waals surface area contributed by atoms with Crippen molar-refractivity contribution >= 4 is 45.5 Å². The number of carbonyl (C=O) groups is 1. The first-order chi connectivity index (χ1) is 8.65. The molecule has 0 radical (unpaired) electrons. The van der Waals surface area contributed by atoms with Crippen LogP contribution in [0.4, 0.5) is 5.69 Å².